The van der Waals surface area contributed by atoms with Crippen LogP contribution >= 0.6 is 7.14 Å². The normalized spacial score (nSPS) is 11.2. The Kier molecular flexibility index (Phi) is 4.70. The fraction of sp³-hybridized carbons (Fsp3) is 0.188. The standard InChI is InChI=1S/C16H17O2P/c17-11-12-19(18,13-15-7-3-1-4-8-15)14-16-9-5-2-6-10-16/h1-11H,12-14H2. The van der Waals surface area contributed by atoms with E-state index in [2.05, 4.69) is 0 Å². The van der Waals surface area contributed by atoms with Crippen LogP contribution in [-0.2, 0) is 21.7 Å². The number of benzene rings is 2. The lowest BCUT2D eigenvalue weighted by molar-refractivity contribution is -0.105. The lowest BCUT2D eigenvalue weighted by atomic mass is 10.2. The monoisotopic (exact) mass is 272 g/mol. The van der Waals surface area contributed by atoms with Gasteiger partial charge in [-0.1, -0.05) is 60.7 Å². The first-order valence-electron chi connectivity index (χ1n) is 6.30. The van der Waals surface area contributed by atoms with Crippen LogP contribution in [0, 0.1) is 0 Å². The third kappa shape index (κ3) is 4.18. The minimum absolute atomic E-state index is 0.150. The van der Waals surface area contributed by atoms with Crippen LogP contribution in [0.15, 0.2) is 60.7 Å². The Morgan fingerprint density at radius 3 is 1.58 bits per heavy atom. The van der Waals surface area contributed by atoms with Gasteiger partial charge in [0, 0.05) is 12.3 Å². The van der Waals surface area contributed by atoms with Crippen LogP contribution < -0.4 is 0 Å². The van der Waals surface area contributed by atoms with Gasteiger partial charge in [-0.05, 0) is 11.1 Å². The maximum absolute atomic E-state index is 12.9. The van der Waals surface area contributed by atoms with Crippen molar-refractivity contribution in [2.75, 3.05) is 6.16 Å². The SMILES string of the molecule is O=CCP(=O)(Cc1ccccc1)Cc1ccccc1. The number of carbonyl (C=O) groups is 1. The number of rotatable bonds is 6. The molecule has 0 radical (unpaired) electrons. The fourth-order valence-electron chi connectivity index (χ4n) is 2.15. The van der Waals surface area contributed by atoms with E-state index in [0.29, 0.717) is 12.3 Å². The van der Waals surface area contributed by atoms with Crippen LogP contribution in [0.25, 0.3) is 0 Å². The van der Waals surface area contributed by atoms with Crippen molar-refractivity contribution in [3.05, 3.63) is 71.8 Å². The Morgan fingerprint density at radius 1 is 0.789 bits per heavy atom. The van der Waals surface area contributed by atoms with Gasteiger partial charge >= 0.3 is 0 Å². The number of carbonyl (C=O) groups excluding carboxylic acids is 1. The number of hydrogen-bond donors (Lipinski definition) is 0. The topological polar surface area (TPSA) is 34.1 Å². The molecule has 0 heterocycles. The quantitative estimate of drug-likeness (QED) is 0.589. The molecule has 3 heteroatoms. The third-order valence-electron chi connectivity index (χ3n) is 3.03. The molecule has 0 aliphatic heterocycles. The fourth-order valence-corrected chi connectivity index (χ4v) is 4.55. The smallest absolute Gasteiger partial charge is 0.127 e. The van der Waals surface area contributed by atoms with Gasteiger partial charge in [-0.25, -0.2) is 0 Å². The molecule has 0 saturated carbocycles. The van der Waals surface area contributed by atoms with Gasteiger partial charge in [0.15, 0.2) is 0 Å². The molecule has 19 heavy (non-hydrogen) atoms. The van der Waals surface area contributed by atoms with Crippen LogP contribution in [0.2, 0.25) is 0 Å². The van der Waals surface area contributed by atoms with Gasteiger partial charge in [-0.2, -0.15) is 0 Å². The highest BCUT2D eigenvalue weighted by molar-refractivity contribution is 7.63. The van der Waals surface area contributed by atoms with Gasteiger partial charge < -0.3 is 9.36 Å². The van der Waals surface area contributed by atoms with Crippen molar-refractivity contribution in [2.24, 2.45) is 0 Å². The van der Waals surface area contributed by atoms with E-state index in [-0.39, 0.29) is 6.16 Å². The minimum atomic E-state index is -2.53. The highest BCUT2D eigenvalue weighted by atomic mass is 31.2. The highest BCUT2D eigenvalue weighted by Gasteiger charge is 2.22. The van der Waals surface area contributed by atoms with Crippen LogP contribution in [-0.4, -0.2) is 12.4 Å². The summed E-state index contributed by atoms with van der Waals surface area (Å²) in [6.45, 7) is 0. The van der Waals surface area contributed by atoms with E-state index in [1.165, 1.54) is 0 Å². The molecule has 0 spiro atoms. The summed E-state index contributed by atoms with van der Waals surface area (Å²) < 4.78 is 12.9. The lowest BCUT2D eigenvalue weighted by Gasteiger charge is -2.16. The van der Waals surface area contributed by atoms with E-state index >= 15 is 0 Å². The molecule has 0 bridgehead atoms. The first-order chi connectivity index (χ1) is 9.22. The zero-order valence-corrected chi connectivity index (χ0v) is 11.6. The van der Waals surface area contributed by atoms with Gasteiger partial charge in [-0.15, -0.1) is 0 Å². The van der Waals surface area contributed by atoms with Crippen molar-refractivity contribution in [3.8, 4) is 0 Å². The molecule has 2 rings (SSSR count). The molecule has 0 atom stereocenters. The molecule has 0 saturated heterocycles. The van der Waals surface area contributed by atoms with Crippen molar-refractivity contribution in [1.82, 2.24) is 0 Å². The molecule has 2 nitrogen and oxygen atoms in total. The molecule has 0 fully saturated rings. The van der Waals surface area contributed by atoms with E-state index in [9.17, 15) is 9.36 Å². The molecule has 98 valence electrons. The molecule has 0 aliphatic rings. The predicted molar refractivity (Wildman–Crippen MR) is 78.8 cm³/mol. The molecule has 0 N–H and O–H groups in total. The van der Waals surface area contributed by atoms with Crippen LogP contribution in [0.1, 0.15) is 11.1 Å². The van der Waals surface area contributed by atoms with Crippen LogP contribution in [0.5, 0.6) is 0 Å². The number of aldehydes is 1. The van der Waals surface area contributed by atoms with E-state index in [1.807, 2.05) is 60.7 Å². The van der Waals surface area contributed by atoms with Gasteiger partial charge in [0.1, 0.15) is 13.4 Å². The largest absolute Gasteiger partial charge is 0.322 e. The molecule has 2 aromatic carbocycles. The van der Waals surface area contributed by atoms with Crippen molar-refractivity contribution < 1.29 is 9.36 Å². The predicted octanol–water partition coefficient (Wildman–Crippen LogP) is 3.95. The van der Waals surface area contributed by atoms with E-state index in [4.69, 9.17) is 0 Å². The summed E-state index contributed by atoms with van der Waals surface area (Å²) in [4.78, 5) is 10.8. The Labute approximate surface area is 113 Å². The molecular formula is C16H17O2P. The summed E-state index contributed by atoms with van der Waals surface area (Å²) in [5, 5.41) is 0. The molecule has 0 aliphatic carbocycles. The Balaban J connectivity index is 2.18. The summed E-state index contributed by atoms with van der Waals surface area (Å²) in [7, 11) is -2.53. The first kappa shape index (κ1) is 13.8. The van der Waals surface area contributed by atoms with Gasteiger partial charge in [-0.3, -0.25) is 0 Å². The molecular weight excluding hydrogens is 255 g/mol. The van der Waals surface area contributed by atoms with Gasteiger partial charge in [0.2, 0.25) is 0 Å². The lowest BCUT2D eigenvalue weighted by Crippen LogP contribution is -1.99. The number of hydrogen-bond acceptors (Lipinski definition) is 2. The van der Waals surface area contributed by atoms with Gasteiger partial charge in [0.05, 0.1) is 6.16 Å². The second-order valence-corrected chi connectivity index (χ2v) is 7.81. The average molecular weight is 272 g/mol. The summed E-state index contributed by atoms with van der Waals surface area (Å²) in [6, 6.07) is 19.4. The molecule has 2 aromatic rings. The summed E-state index contributed by atoms with van der Waals surface area (Å²) in [6.07, 6.45) is 1.91. The Bertz CT molecular complexity index is 518. The second kappa shape index (κ2) is 6.49. The van der Waals surface area contributed by atoms with E-state index < -0.39 is 7.14 Å². The van der Waals surface area contributed by atoms with E-state index in [0.717, 1.165) is 17.4 Å². The van der Waals surface area contributed by atoms with Crippen molar-refractivity contribution >= 4 is 13.4 Å². The summed E-state index contributed by atoms with van der Waals surface area (Å²) >= 11 is 0. The maximum Gasteiger partial charge on any atom is 0.127 e. The van der Waals surface area contributed by atoms with Crippen molar-refractivity contribution in [1.29, 1.82) is 0 Å². The zero-order valence-electron chi connectivity index (χ0n) is 10.7. The maximum atomic E-state index is 12.9. The Hall–Kier alpha value is -1.66. The molecule has 0 unspecified atom stereocenters. The molecule has 0 amide bonds. The Morgan fingerprint density at radius 2 is 1.21 bits per heavy atom. The zero-order chi connectivity index (χ0) is 13.6. The molecule has 0 aromatic heterocycles. The van der Waals surface area contributed by atoms with Crippen LogP contribution in [0.4, 0.5) is 0 Å². The highest BCUT2D eigenvalue weighted by Crippen LogP contribution is 2.51. The second-order valence-electron chi connectivity index (χ2n) is 4.69. The minimum Gasteiger partial charge on any atom is -0.322 e. The van der Waals surface area contributed by atoms with E-state index in [1.54, 1.807) is 0 Å². The average Bonchev–Trinajstić information content (AvgIpc) is 2.41. The van der Waals surface area contributed by atoms with Crippen LogP contribution in [0.3, 0.4) is 0 Å². The summed E-state index contributed by atoms with van der Waals surface area (Å²) in [5.74, 6) is 0. The van der Waals surface area contributed by atoms with Crippen molar-refractivity contribution in [3.63, 3.8) is 0 Å². The van der Waals surface area contributed by atoms with Crippen molar-refractivity contribution in [2.45, 2.75) is 12.3 Å². The van der Waals surface area contributed by atoms with Gasteiger partial charge in [0.25, 0.3) is 0 Å². The third-order valence-corrected chi connectivity index (χ3v) is 5.73. The first-order valence-corrected chi connectivity index (χ1v) is 8.57. The summed E-state index contributed by atoms with van der Waals surface area (Å²) in [5.41, 5.74) is 2.06.